The SMILES string of the molecule is CCOC(=O)/C(C#N)=C\NNc1ncnc2sccc12. The molecule has 0 saturated heterocycles. The summed E-state index contributed by atoms with van der Waals surface area (Å²) in [5.41, 5.74) is 5.33. The van der Waals surface area contributed by atoms with Crippen LogP contribution in [0, 0.1) is 11.3 Å². The highest BCUT2D eigenvalue weighted by Gasteiger charge is 2.09. The molecule has 2 aromatic rings. The van der Waals surface area contributed by atoms with E-state index < -0.39 is 5.97 Å². The molecule has 0 amide bonds. The fraction of sp³-hybridized carbons (Fsp3) is 0.167. The third-order valence-electron chi connectivity index (χ3n) is 2.28. The molecule has 2 heterocycles. The average Bonchev–Trinajstić information content (AvgIpc) is 2.93. The molecule has 0 fully saturated rings. The lowest BCUT2D eigenvalue weighted by atomic mass is 10.3. The van der Waals surface area contributed by atoms with Crippen LogP contribution in [0.1, 0.15) is 6.92 Å². The number of nitrogens with zero attached hydrogens (tertiary/aromatic N) is 3. The summed E-state index contributed by atoms with van der Waals surface area (Å²) in [4.78, 5) is 20.4. The van der Waals surface area contributed by atoms with E-state index in [2.05, 4.69) is 20.8 Å². The molecule has 2 aromatic heterocycles. The highest BCUT2D eigenvalue weighted by atomic mass is 32.1. The number of hydrogen-bond acceptors (Lipinski definition) is 8. The lowest BCUT2D eigenvalue weighted by Crippen LogP contribution is -2.18. The Hall–Kier alpha value is -2.66. The number of carbonyl (C=O) groups excluding carboxylic acids is 1. The van der Waals surface area contributed by atoms with Gasteiger partial charge in [0.1, 0.15) is 17.2 Å². The molecule has 0 spiro atoms. The quantitative estimate of drug-likeness (QED) is 0.373. The van der Waals surface area contributed by atoms with Crippen LogP contribution in [0.5, 0.6) is 0 Å². The summed E-state index contributed by atoms with van der Waals surface area (Å²) in [6, 6.07) is 3.64. The van der Waals surface area contributed by atoms with Crippen LogP contribution in [0.2, 0.25) is 0 Å². The van der Waals surface area contributed by atoms with Crippen molar-refractivity contribution in [3.8, 4) is 6.07 Å². The molecule has 0 bridgehead atoms. The predicted octanol–water partition coefficient (Wildman–Crippen LogP) is 1.58. The summed E-state index contributed by atoms with van der Waals surface area (Å²) >= 11 is 1.50. The molecule has 0 saturated carbocycles. The molecule has 8 heteroatoms. The van der Waals surface area contributed by atoms with E-state index >= 15 is 0 Å². The molecule has 0 aliphatic heterocycles. The van der Waals surface area contributed by atoms with Crippen molar-refractivity contribution in [1.82, 2.24) is 15.4 Å². The number of nitrogens with one attached hydrogen (secondary N) is 2. The molecule has 0 radical (unpaired) electrons. The zero-order valence-corrected chi connectivity index (χ0v) is 11.4. The number of fused-ring (bicyclic) bond motifs is 1. The number of hydrazine groups is 1. The van der Waals surface area contributed by atoms with E-state index in [1.165, 1.54) is 23.9 Å². The molecular formula is C12H11N5O2S. The number of nitriles is 1. The largest absolute Gasteiger partial charge is 0.462 e. The second-order valence-corrected chi connectivity index (χ2v) is 4.42. The Bertz CT molecular complexity index is 688. The Balaban J connectivity index is 2.07. The average molecular weight is 289 g/mol. The van der Waals surface area contributed by atoms with E-state index in [1.54, 1.807) is 13.0 Å². The molecule has 7 nitrogen and oxygen atoms in total. The molecule has 0 unspecified atom stereocenters. The summed E-state index contributed by atoms with van der Waals surface area (Å²) < 4.78 is 4.73. The van der Waals surface area contributed by atoms with Crippen molar-refractivity contribution in [3.05, 3.63) is 29.5 Å². The number of esters is 1. The first-order valence-corrected chi connectivity index (χ1v) is 6.61. The Kier molecular flexibility index (Phi) is 4.47. The van der Waals surface area contributed by atoms with Gasteiger partial charge >= 0.3 is 5.97 Å². The van der Waals surface area contributed by atoms with Crippen LogP contribution in [-0.2, 0) is 9.53 Å². The van der Waals surface area contributed by atoms with Gasteiger partial charge in [0.15, 0.2) is 11.4 Å². The number of hydrogen-bond donors (Lipinski definition) is 2. The van der Waals surface area contributed by atoms with Crippen LogP contribution in [0.4, 0.5) is 5.82 Å². The van der Waals surface area contributed by atoms with Crippen molar-refractivity contribution in [2.24, 2.45) is 0 Å². The highest BCUT2D eigenvalue weighted by molar-refractivity contribution is 7.16. The fourth-order valence-electron chi connectivity index (χ4n) is 1.41. The Morgan fingerprint density at radius 1 is 1.60 bits per heavy atom. The zero-order valence-electron chi connectivity index (χ0n) is 10.6. The Morgan fingerprint density at radius 2 is 2.45 bits per heavy atom. The summed E-state index contributed by atoms with van der Waals surface area (Å²) in [5, 5.41) is 11.6. The van der Waals surface area contributed by atoms with E-state index in [0.717, 1.165) is 10.2 Å². The van der Waals surface area contributed by atoms with Crippen LogP contribution in [0.3, 0.4) is 0 Å². The third kappa shape index (κ3) is 3.02. The second kappa shape index (κ2) is 6.49. The maximum Gasteiger partial charge on any atom is 0.350 e. The van der Waals surface area contributed by atoms with Gasteiger partial charge in [-0.05, 0) is 18.4 Å². The zero-order chi connectivity index (χ0) is 14.4. The lowest BCUT2D eigenvalue weighted by Gasteiger charge is -2.06. The molecule has 0 aliphatic carbocycles. The molecule has 20 heavy (non-hydrogen) atoms. The van der Waals surface area contributed by atoms with Crippen LogP contribution in [-0.4, -0.2) is 22.5 Å². The number of rotatable bonds is 5. The Labute approximate surface area is 118 Å². The van der Waals surface area contributed by atoms with Crippen molar-refractivity contribution < 1.29 is 9.53 Å². The van der Waals surface area contributed by atoms with Gasteiger partial charge < -0.3 is 10.2 Å². The molecule has 2 N–H and O–H groups in total. The number of carbonyl (C=O) groups is 1. The maximum absolute atomic E-state index is 11.4. The van der Waals surface area contributed by atoms with Crippen LogP contribution < -0.4 is 10.9 Å². The smallest absolute Gasteiger partial charge is 0.350 e. The number of thiophene rings is 1. The first-order chi connectivity index (χ1) is 9.76. The minimum absolute atomic E-state index is 0.130. The van der Waals surface area contributed by atoms with E-state index in [0.29, 0.717) is 5.82 Å². The van der Waals surface area contributed by atoms with Gasteiger partial charge in [-0.25, -0.2) is 14.8 Å². The minimum Gasteiger partial charge on any atom is -0.462 e. The van der Waals surface area contributed by atoms with Gasteiger partial charge in [0.2, 0.25) is 0 Å². The summed E-state index contributed by atoms with van der Waals surface area (Å²) in [6.45, 7) is 1.89. The van der Waals surface area contributed by atoms with Gasteiger partial charge in [0, 0.05) is 6.20 Å². The topological polar surface area (TPSA) is 99.9 Å². The standard InChI is InChI=1S/C12H11N5O2S/c1-2-19-12(18)8(5-13)6-16-17-10-9-3-4-20-11(9)15-7-14-10/h3-4,6-7,16H,2H2,1H3,(H,14,15,17)/b8-6-. The van der Waals surface area contributed by atoms with Gasteiger partial charge in [0.05, 0.1) is 12.0 Å². The lowest BCUT2D eigenvalue weighted by molar-refractivity contribution is -0.138. The number of anilines is 1. The van der Waals surface area contributed by atoms with Gasteiger partial charge in [-0.1, -0.05) is 0 Å². The molecule has 0 atom stereocenters. The summed E-state index contributed by atoms with van der Waals surface area (Å²) in [5.74, 6) is -0.110. The van der Waals surface area contributed by atoms with Crippen LogP contribution in [0.15, 0.2) is 29.5 Å². The van der Waals surface area contributed by atoms with E-state index in [9.17, 15) is 4.79 Å². The van der Waals surface area contributed by atoms with Crippen molar-refractivity contribution in [3.63, 3.8) is 0 Å². The van der Waals surface area contributed by atoms with Crippen LogP contribution in [0.25, 0.3) is 10.2 Å². The van der Waals surface area contributed by atoms with E-state index in [1.807, 2.05) is 11.4 Å². The minimum atomic E-state index is -0.673. The van der Waals surface area contributed by atoms with Gasteiger partial charge in [0.25, 0.3) is 0 Å². The van der Waals surface area contributed by atoms with E-state index in [4.69, 9.17) is 10.00 Å². The molecule has 0 aliphatic rings. The van der Waals surface area contributed by atoms with Crippen LogP contribution >= 0.6 is 11.3 Å². The summed E-state index contributed by atoms with van der Waals surface area (Å²) in [7, 11) is 0. The fourth-order valence-corrected chi connectivity index (χ4v) is 2.14. The van der Waals surface area contributed by atoms with Gasteiger partial charge in [-0.2, -0.15) is 5.26 Å². The third-order valence-corrected chi connectivity index (χ3v) is 3.11. The molecular weight excluding hydrogens is 278 g/mol. The second-order valence-electron chi connectivity index (χ2n) is 3.52. The first-order valence-electron chi connectivity index (χ1n) is 5.73. The van der Waals surface area contributed by atoms with Crippen molar-refractivity contribution in [2.75, 3.05) is 12.0 Å². The molecule has 2 rings (SSSR count). The van der Waals surface area contributed by atoms with Gasteiger partial charge in [-0.15, -0.1) is 11.3 Å². The predicted molar refractivity (Wildman–Crippen MR) is 74.5 cm³/mol. The van der Waals surface area contributed by atoms with Gasteiger partial charge in [-0.3, -0.25) is 5.43 Å². The number of ether oxygens (including phenoxy) is 1. The summed E-state index contributed by atoms with van der Waals surface area (Å²) in [6.07, 6.45) is 2.67. The molecule has 0 aromatic carbocycles. The van der Waals surface area contributed by atoms with Crippen molar-refractivity contribution in [2.45, 2.75) is 6.92 Å². The van der Waals surface area contributed by atoms with E-state index in [-0.39, 0.29) is 12.2 Å². The first kappa shape index (κ1) is 13.8. The van der Waals surface area contributed by atoms with Crippen molar-refractivity contribution in [1.29, 1.82) is 5.26 Å². The Morgan fingerprint density at radius 3 is 3.20 bits per heavy atom. The maximum atomic E-state index is 11.4. The number of aromatic nitrogens is 2. The normalized spacial score (nSPS) is 10.9. The highest BCUT2D eigenvalue weighted by Crippen LogP contribution is 2.22. The monoisotopic (exact) mass is 289 g/mol. The molecule has 102 valence electrons. The van der Waals surface area contributed by atoms with Crippen molar-refractivity contribution >= 4 is 33.3 Å².